The average Bonchev–Trinajstić information content (AvgIpc) is 2.63. The molecule has 1 unspecified atom stereocenters. The Morgan fingerprint density at radius 2 is 1.46 bits per heavy atom. The molecule has 0 bridgehead atoms. The second-order valence-corrected chi connectivity index (χ2v) is 6.42. The van der Waals surface area contributed by atoms with Gasteiger partial charge in [-0.15, -0.1) is 11.8 Å². The standard InChI is InChI=1S/C22H31NO/c1-2-3-4-5-6-7-8-9-10-11-12-16-19-22(24,20-23)21-17-14-13-15-18-21/h13-15,17-18,24H,2-10,16,19H2,1H3. The van der Waals surface area contributed by atoms with E-state index in [-0.39, 0.29) is 0 Å². The van der Waals surface area contributed by atoms with E-state index in [1.165, 1.54) is 44.9 Å². The molecule has 1 N–H and O–H groups in total. The molecule has 0 saturated carbocycles. The molecule has 2 nitrogen and oxygen atoms in total. The Morgan fingerprint density at radius 1 is 0.875 bits per heavy atom. The molecule has 130 valence electrons. The molecule has 1 rings (SSSR count). The van der Waals surface area contributed by atoms with E-state index in [9.17, 15) is 10.4 Å². The van der Waals surface area contributed by atoms with Gasteiger partial charge in [0.2, 0.25) is 0 Å². The lowest BCUT2D eigenvalue weighted by atomic mass is 9.91. The SMILES string of the molecule is CCCCCCCCCCC#CCCC(O)(C#N)c1ccccc1. The molecular formula is C22H31NO. The number of rotatable bonds is 11. The van der Waals surface area contributed by atoms with Gasteiger partial charge < -0.3 is 5.11 Å². The number of hydrogen-bond donors (Lipinski definition) is 1. The summed E-state index contributed by atoms with van der Waals surface area (Å²) in [6, 6.07) is 11.2. The Balaban J connectivity index is 2.15. The maximum atomic E-state index is 10.4. The molecule has 1 atom stereocenters. The van der Waals surface area contributed by atoms with Crippen molar-refractivity contribution in [3.05, 3.63) is 35.9 Å². The third-order valence-electron chi connectivity index (χ3n) is 4.33. The van der Waals surface area contributed by atoms with Gasteiger partial charge in [0.25, 0.3) is 0 Å². The van der Waals surface area contributed by atoms with E-state index in [1.54, 1.807) is 12.1 Å². The minimum Gasteiger partial charge on any atom is -0.371 e. The number of unbranched alkanes of at least 4 members (excludes halogenated alkanes) is 8. The first kappa shape index (κ1) is 20.3. The van der Waals surface area contributed by atoms with Gasteiger partial charge in [-0.05, 0) is 12.0 Å². The Hall–Kier alpha value is -1.77. The number of aliphatic hydroxyl groups is 1. The Morgan fingerprint density at radius 3 is 2.08 bits per heavy atom. The lowest BCUT2D eigenvalue weighted by Gasteiger charge is -2.19. The van der Waals surface area contributed by atoms with Gasteiger partial charge >= 0.3 is 0 Å². The van der Waals surface area contributed by atoms with E-state index in [1.807, 2.05) is 24.3 Å². The van der Waals surface area contributed by atoms with Crippen LogP contribution >= 0.6 is 0 Å². The van der Waals surface area contributed by atoms with Crippen molar-refractivity contribution in [2.24, 2.45) is 0 Å². The number of hydrogen-bond acceptors (Lipinski definition) is 2. The topological polar surface area (TPSA) is 44.0 Å². The van der Waals surface area contributed by atoms with Gasteiger partial charge in [0.15, 0.2) is 5.60 Å². The van der Waals surface area contributed by atoms with Gasteiger partial charge in [-0.25, -0.2) is 0 Å². The third-order valence-corrected chi connectivity index (χ3v) is 4.33. The first-order chi connectivity index (χ1) is 11.7. The molecule has 0 aliphatic rings. The zero-order valence-electron chi connectivity index (χ0n) is 15.1. The van der Waals surface area contributed by atoms with Crippen molar-refractivity contribution in [2.45, 2.75) is 83.2 Å². The van der Waals surface area contributed by atoms with Crippen molar-refractivity contribution >= 4 is 0 Å². The van der Waals surface area contributed by atoms with E-state index in [2.05, 4.69) is 18.8 Å². The monoisotopic (exact) mass is 325 g/mol. The first-order valence-corrected chi connectivity index (χ1v) is 9.38. The molecule has 1 aromatic carbocycles. The largest absolute Gasteiger partial charge is 0.371 e. The van der Waals surface area contributed by atoms with Crippen LogP contribution in [0.2, 0.25) is 0 Å². The van der Waals surface area contributed by atoms with Crippen LogP contribution in [0.3, 0.4) is 0 Å². The Kier molecular flexibility index (Phi) is 10.7. The molecular weight excluding hydrogens is 294 g/mol. The Labute approximate surface area is 147 Å². The summed E-state index contributed by atoms with van der Waals surface area (Å²) in [6.07, 6.45) is 12.3. The third kappa shape index (κ3) is 8.19. The quantitative estimate of drug-likeness (QED) is 0.321. The van der Waals surface area contributed by atoms with Gasteiger partial charge in [0, 0.05) is 19.3 Å². The lowest BCUT2D eigenvalue weighted by Crippen LogP contribution is -2.22. The zero-order valence-corrected chi connectivity index (χ0v) is 15.1. The van der Waals surface area contributed by atoms with Crippen LogP contribution in [0.1, 0.15) is 83.1 Å². The smallest absolute Gasteiger partial charge is 0.177 e. The summed E-state index contributed by atoms with van der Waals surface area (Å²) >= 11 is 0. The summed E-state index contributed by atoms with van der Waals surface area (Å²) in [7, 11) is 0. The first-order valence-electron chi connectivity index (χ1n) is 9.38. The summed E-state index contributed by atoms with van der Waals surface area (Å²) in [4.78, 5) is 0. The molecule has 2 heteroatoms. The predicted molar refractivity (Wildman–Crippen MR) is 100 cm³/mol. The number of nitriles is 1. The van der Waals surface area contributed by atoms with E-state index in [0.717, 1.165) is 12.8 Å². The van der Waals surface area contributed by atoms with Gasteiger partial charge in [0.1, 0.15) is 6.07 Å². The highest BCUT2D eigenvalue weighted by Crippen LogP contribution is 2.25. The number of benzene rings is 1. The second kappa shape index (κ2) is 12.6. The maximum Gasteiger partial charge on any atom is 0.177 e. The van der Waals surface area contributed by atoms with E-state index >= 15 is 0 Å². The van der Waals surface area contributed by atoms with Crippen molar-refractivity contribution in [2.75, 3.05) is 0 Å². The normalized spacial score (nSPS) is 12.7. The summed E-state index contributed by atoms with van der Waals surface area (Å²) in [6.45, 7) is 2.25. The van der Waals surface area contributed by atoms with E-state index in [4.69, 9.17) is 0 Å². The minimum atomic E-state index is -1.42. The van der Waals surface area contributed by atoms with Gasteiger partial charge in [-0.2, -0.15) is 5.26 Å². The molecule has 1 aromatic rings. The molecule has 0 aliphatic heterocycles. The van der Waals surface area contributed by atoms with Crippen LogP contribution in [-0.4, -0.2) is 5.11 Å². The molecule has 0 aliphatic carbocycles. The molecule has 0 amide bonds. The summed E-state index contributed by atoms with van der Waals surface area (Å²) in [5, 5.41) is 19.7. The Bertz CT molecular complexity index is 535. The molecule has 0 saturated heterocycles. The summed E-state index contributed by atoms with van der Waals surface area (Å²) < 4.78 is 0. The highest BCUT2D eigenvalue weighted by Gasteiger charge is 2.27. The highest BCUT2D eigenvalue weighted by molar-refractivity contribution is 5.28. The van der Waals surface area contributed by atoms with Crippen molar-refractivity contribution in [1.82, 2.24) is 0 Å². The summed E-state index contributed by atoms with van der Waals surface area (Å²) in [5.41, 5.74) is -0.772. The van der Waals surface area contributed by atoms with Crippen LogP contribution in [0.25, 0.3) is 0 Å². The van der Waals surface area contributed by atoms with Crippen LogP contribution < -0.4 is 0 Å². The summed E-state index contributed by atoms with van der Waals surface area (Å²) in [5.74, 6) is 6.28. The van der Waals surface area contributed by atoms with Crippen molar-refractivity contribution < 1.29 is 5.11 Å². The molecule has 0 heterocycles. The van der Waals surface area contributed by atoms with E-state index in [0.29, 0.717) is 18.4 Å². The second-order valence-electron chi connectivity index (χ2n) is 6.42. The fourth-order valence-electron chi connectivity index (χ4n) is 2.75. The zero-order chi connectivity index (χ0) is 17.5. The number of nitrogens with zero attached hydrogens (tertiary/aromatic N) is 1. The van der Waals surface area contributed by atoms with Crippen LogP contribution in [-0.2, 0) is 5.60 Å². The van der Waals surface area contributed by atoms with Gasteiger partial charge in [-0.3, -0.25) is 0 Å². The molecule has 0 spiro atoms. The maximum absolute atomic E-state index is 10.4. The van der Waals surface area contributed by atoms with Crippen molar-refractivity contribution in [3.8, 4) is 17.9 Å². The van der Waals surface area contributed by atoms with Crippen LogP contribution in [0.5, 0.6) is 0 Å². The predicted octanol–water partition coefficient (Wildman–Crippen LogP) is 5.71. The highest BCUT2D eigenvalue weighted by atomic mass is 16.3. The van der Waals surface area contributed by atoms with E-state index < -0.39 is 5.60 Å². The van der Waals surface area contributed by atoms with Crippen molar-refractivity contribution in [3.63, 3.8) is 0 Å². The van der Waals surface area contributed by atoms with Crippen molar-refractivity contribution in [1.29, 1.82) is 5.26 Å². The van der Waals surface area contributed by atoms with Gasteiger partial charge in [-0.1, -0.05) is 82.2 Å². The molecule has 0 fully saturated rings. The van der Waals surface area contributed by atoms with Crippen LogP contribution in [0.4, 0.5) is 0 Å². The fraction of sp³-hybridized carbons (Fsp3) is 0.591. The minimum absolute atomic E-state index is 0.359. The lowest BCUT2D eigenvalue weighted by molar-refractivity contribution is 0.0896. The van der Waals surface area contributed by atoms with Crippen LogP contribution in [0.15, 0.2) is 30.3 Å². The molecule has 0 aromatic heterocycles. The fourth-order valence-corrected chi connectivity index (χ4v) is 2.75. The molecule has 0 radical (unpaired) electrons. The average molecular weight is 325 g/mol. The molecule has 24 heavy (non-hydrogen) atoms. The van der Waals surface area contributed by atoms with Gasteiger partial charge in [0.05, 0.1) is 0 Å². The van der Waals surface area contributed by atoms with Crippen LogP contribution in [0, 0.1) is 23.2 Å².